The molecule has 0 aliphatic carbocycles. The first kappa shape index (κ1) is 15.6. The van der Waals surface area contributed by atoms with Crippen molar-refractivity contribution in [1.29, 1.82) is 0 Å². The quantitative estimate of drug-likeness (QED) is 0.527. The van der Waals surface area contributed by atoms with Crippen molar-refractivity contribution in [3.05, 3.63) is 23.8 Å². The van der Waals surface area contributed by atoms with Crippen molar-refractivity contribution in [2.24, 2.45) is 10.7 Å². The summed E-state index contributed by atoms with van der Waals surface area (Å²) in [5.74, 6) is 0.792. The molecule has 1 aromatic rings. The Balaban J connectivity index is 2.10. The Morgan fingerprint density at radius 3 is 2.52 bits per heavy atom. The van der Waals surface area contributed by atoms with Gasteiger partial charge in [0.05, 0.1) is 11.6 Å². The molecule has 0 aromatic heterocycles. The largest absolute Gasteiger partial charge is 0.386 e. The number of nitrogens with two attached hydrogens (primary N) is 1. The highest BCUT2D eigenvalue weighted by atomic mass is 35.5. The van der Waals surface area contributed by atoms with E-state index in [-0.39, 0.29) is 11.8 Å². The van der Waals surface area contributed by atoms with Crippen molar-refractivity contribution in [3.63, 3.8) is 0 Å². The lowest BCUT2D eigenvalue weighted by Gasteiger charge is -2.36. The molecule has 114 valence electrons. The maximum atomic E-state index is 11.4. The monoisotopic (exact) mass is 308 g/mol. The molecule has 21 heavy (non-hydrogen) atoms. The summed E-state index contributed by atoms with van der Waals surface area (Å²) in [6.45, 7) is 6.93. The van der Waals surface area contributed by atoms with Crippen LogP contribution in [0.5, 0.6) is 0 Å². The Labute approximate surface area is 130 Å². The third kappa shape index (κ3) is 3.88. The van der Waals surface area contributed by atoms with Crippen LogP contribution in [0.1, 0.15) is 12.5 Å². The van der Waals surface area contributed by atoms with Gasteiger partial charge in [-0.3, -0.25) is 4.79 Å². The summed E-state index contributed by atoms with van der Waals surface area (Å²) >= 11 is 5.64. The van der Waals surface area contributed by atoms with Crippen molar-refractivity contribution >= 4 is 34.7 Å². The molecule has 1 saturated heterocycles. The van der Waals surface area contributed by atoms with Crippen LogP contribution in [0, 0.1) is 6.92 Å². The van der Waals surface area contributed by atoms with E-state index in [0.717, 1.165) is 37.4 Å². The normalized spacial score (nSPS) is 16.2. The van der Waals surface area contributed by atoms with E-state index in [2.05, 4.69) is 22.9 Å². The average molecular weight is 309 g/mol. The maximum Gasteiger partial charge on any atom is 0.219 e. The Bertz CT molecular complexity index is 551. The summed E-state index contributed by atoms with van der Waals surface area (Å²) in [5.41, 5.74) is 8.80. The van der Waals surface area contributed by atoms with Crippen LogP contribution in [-0.2, 0) is 4.79 Å². The number of amidine groups is 1. The minimum absolute atomic E-state index is 0.146. The highest BCUT2D eigenvalue weighted by molar-refractivity contribution is 6.28. The van der Waals surface area contributed by atoms with E-state index in [9.17, 15) is 4.79 Å². The maximum absolute atomic E-state index is 11.4. The van der Waals surface area contributed by atoms with Crippen molar-refractivity contribution in [2.75, 3.05) is 37.0 Å². The first-order valence-corrected chi connectivity index (χ1v) is 7.55. The Morgan fingerprint density at radius 2 is 2.00 bits per heavy atom. The molecule has 0 radical (unpaired) electrons. The lowest BCUT2D eigenvalue weighted by Crippen LogP contribution is -2.48. The third-order valence-electron chi connectivity index (χ3n) is 3.66. The molecule has 0 bridgehead atoms. The van der Waals surface area contributed by atoms with Crippen LogP contribution in [0.4, 0.5) is 11.4 Å². The number of benzene rings is 1. The fraction of sp³-hybridized carbons (Fsp3) is 0.467. The highest BCUT2D eigenvalue weighted by Crippen LogP contribution is 2.26. The van der Waals surface area contributed by atoms with Crippen molar-refractivity contribution in [1.82, 2.24) is 4.90 Å². The van der Waals surface area contributed by atoms with E-state index in [0.29, 0.717) is 5.84 Å². The summed E-state index contributed by atoms with van der Waals surface area (Å²) in [5, 5.41) is 0. The molecule has 1 amide bonds. The number of carbonyl (C=O) groups is 1. The van der Waals surface area contributed by atoms with Crippen LogP contribution >= 0.6 is 11.6 Å². The molecule has 1 fully saturated rings. The number of amides is 1. The smallest absolute Gasteiger partial charge is 0.219 e. The number of piperazine rings is 1. The van der Waals surface area contributed by atoms with Gasteiger partial charge in [-0.2, -0.15) is 0 Å². The zero-order chi connectivity index (χ0) is 15.4. The van der Waals surface area contributed by atoms with Gasteiger partial charge in [0, 0.05) is 38.8 Å². The van der Waals surface area contributed by atoms with E-state index in [1.165, 1.54) is 5.69 Å². The predicted molar refractivity (Wildman–Crippen MR) is 87.6 cm³/mol. The molecule has 1 aliphatic heterocycles. The molecule has 0 spiro atoms. The number of hydrogen-bond donors (Lipinski definition) is 1. The number of rotatable bonds is 3. The summed E-state index contributed by atoms with van der Waals surface area (Å²) in [6, 6.07) is 6.00. The van der Waals surface area contributed by atoms with E-state index in [1.807, 2.05) is 17.0 Å². The number of hydrogen-bond acceptors (Lipinski definition) is 3. The Hall–Kier alpha value is -1.75. The first-order chi connectivity index (χ1) is 10.0. The van der Waals surface area contributed by atoms with Gasteiger partial charge in [0.1, 0.15) is 5.84 Å². The number of alkyl halides is 1. The van der Waals surface area contributed by atoms with Gasteiger partial charge in [-0.15, -0.1) is 11.6 Å². The number of anilines is 1. The van der Waals surface area contributed by atoms with Crippen LogP contribution in [0.2, 0.25) is 0 Å². The second-order valence-electron chi connectivity index (χ2n) is 5.20. The zero-order valence-electron chi connectivity index (χ0n) is 12.5. The molecule has 1 aliphatic rings. The van der Waals surface area contributed by atoms with Crippen LogP contribution in [-0.4, -0.2) is 48.7 Å². The van der Waals surface area contributed by atoms with E-state index in [4.69, 9.17) is 17.3 Å². The van der Waals surface area contributed by atoms with Gasteiger partial charge < -0.3 is 15.5 Å². The van der Waals surface area contributed by atoms with Crippen molar-refractivity contribution in [3.8, 4) is 0 Å². The summed E-state index contributed by atoms with van der Waals surface area (Å²) in [4.78, 5) is 19.8. The van der Waals surface area contributed by atoms with E-state index >= 15 is 0 Å². The molecule has 5 nitrogen and oxygen atoms in total. The average Bonchev–Trinajstić information content (AvgIpc) is 2.47. The van der Waals surface area contributed by atoms with E-state index in [1.54, 1.807) is 6.92 Å². The standard InChI is InChI=1S/C15H21ClN4O/c1-11-9-13(18-15(17)10-16)3-4-14(11)20-7-5-19(6-8-20)12(2)21/h3-4,9H,5-8,10H2,1-2H3,(H2,17,18). The second kappa shape index (κ2) is 6.80. The fourth-order valence-corrected chi connectivity index (χ4v) is 2.58. The number of aryl methyl sites for hydroxylation is 1. The zero-order valence-corrected chi connectivity index (χ0v) is 13.2. The summed E-state index contributed by atoms with van der Waals surface area (Å²) in [6.07, 6.45) is 0. The Morgan fingerprint density at radius 1 is 1.33 bits per heavy atom. The molecular formula is C15H21ClN4O. The first-order valence-electron chi connectivity index (χ1n) is 7.01. The number of carbonyl (C=O) groups excluding carboxylic acids is 1. The SMILES string of the molecule is CC(=O)N1CCN(c2ccc(N=C(N)CCl)cc2C)CC1. The molecule has 0 atom stereocenters. The van der Waals surface area contributed by atoms with Crippen molar-refractivity contribution in [2.45, 2.75) is 13.8 Å². The Kier molecular flexibility index (Phi) is 5.07. The predicted octanol–water partition coefficient (Wildman–Crippen LogP) is 1.89. The van der Waals surface area contributed by atoms with Crippen LogP contribution in [0.15, 0.2) is 23.2 Å². The summed E-state index contributed by atoms with van der Waals surface area (Å²) < 4.78 is 0. The van der Waals surface area contributed by atoms with Crippen LogP contribution < -0.4 is 10.6 Å². The molecule has 1 aromatic carbocycles. The minimum atomic E-state index is 0.146. The van der Waals surface area contributed by atoms with E-state index < -0.39 is 0 Å². The molecule has 2 N–H and O–H groups in total. The van der Waals surface area contributed by atoms with Crippen LogP contribution in [0.3, 0.4) is 0 Å². The number of halogens is 1. The molecular weight excluding hydrogens is 288 g/mol. The van der Waals surface area contributed by atoms with Gasteiger partial charge in [0.15, 0.2) is 0 Å². The van der Waals surface area contributed by atoms with Crippen molar-refractivity contribution < 1.29 is 4.79 Å². The topological polar surface area (TPSA) is 61.9 Å². The molecule has 0 saturated carbocycles. The molecule has 2 rings (SSSR count). The highest BCUT2D eigenvalue weighted by Gasteiger charge is 2.19. The van der Waals surface area contributed by atoms with Crippen LogP contribution in [0.25, 0.3) is 0 Å². The lowest BCUT2D eigenvalue weighted by molar-refractivity contribution is -0.129. The number of nitrogens with zero attached hydrogens (tertiary/aromatic N) is 3. The minimum Gasteiger partial charge on any atom is -0.386 e. The fourth-order valence-electron chi connectivity index (χ4n) is 2.52. The number of aliphatic imine (C=N–C) groups is 1. The van der Waals surface area contributed by atoms with Gasteiger partial charge in [-0.1, -0.05) is 0 Å². The van der Waals surface area contributed by atoms with Gasteiger partial charge in [-0.25, -0.2) is 4.99 Å². The lowest BCUT2D eigenvalue weighted by atomic mass is 10.1. The van der Waals surface area contributed by atoms with Gasteiger partial charge in [0.2, 0.25) is 5.91 Å². The summed E-state index contributed by atoms with van der Waals surface area (Å²) in [7, 11) is 0. The van der Waals surface area contributed by atoms with Gasteiger partial charge >= 0.3 is 0 Å². The van der Waals surface area contributed by atoms with Gasteiger partial charge in [0.25, 0.3) is 0 Å². The molecule has 0 unspecified atom stereocenters. The third-order valence-corrected chi connectivity index (χ3v) is 3.93. The molecule has 1 heterocycles. The van der Waals surface area contributed by atoms with Gasteiger partial charge in [-0.05, 0) is 30.7 Å². The second-order valence-corrected chi connectivity index (χ2v) is 5.47. The molecule has 6 heteroatoms.